The third-order valence-electron chi connectivity index (χ3n) is 10.6. The molecule has 5 nitrogen and oxygen atoms in total. The van der Waals surface area contributed by atoms with Gasteiger partial charge in [0.2, 0.25) is 0 Å². The molecule has 0 bridgehead atoms. The molecule has 0 amide bonds. The van der Waals surface area contributed by atoms with Crippen molar-refractivity contribution < 1.29 is 8.83 Å². The van der Waals surface area contributed by atoms with Crippen LogP contribution in [0.15, 0.2) is 197 Å². The van der Waals surface area contributed by atoms with Crippen molar-refractivity contribution in [3.8, 4) is 67.5 Å². The smallest absolute Gasteiger partial charge is 0.164 e. The van der Waals surface area contributed by atoms with Crippen LogP contribution in [0, 0.1) is 0 Å². The highest BCUT2D eigenvalue weighted by Gasteiger charge is 2.19. The topological polar surface area (TPSA) is 65.0 Å². The summed E-state index contributed by atoms with van der Waals surface area (Å²) in [4.78, 5) is 15.4. The van der Waals surface area contributed by atoms with Crippen LogP contribution in [-0.4, -0.2) is 15.0 Å². The predicted octanol–water partition coefficient (Wildman–Crippen LogP) is 13.7. The number of fused-ring (bicyclic) bond motifs is 6. The number of hydrogen-bond donors (Lipinski definition) is 0. The van der Waals surface area contributed by atoms with E-state index in [-0.39, 0.29) is 0 Å². The molecule has 11 aromatic rings. The van der Waals surface area contributed by atoms with E-state index in [1.54, 1.807) is 0 Å². The summed E-state index contributed by atoms with van der Waals surface area (Å²) in [6.07, 6.45) is 0. The van der Waals surface area contributed by atoms with E-state index in [1.165, 1.54) is 11.1 Å². The summed E-state index contributed by atoms with van der Waals surface area (Å²) < 4.78 is 12.7. The molecule has 0 N–H and O–H groups in total. The predicted molar refractivity (Wildman–Crippen MR) is 227 cm³/mol. The van der Waals surface area contributed by atoms with Gasteiger partial charge in [0.1, 0.15) is 22.3 Å². The minimum atomic E-state index is 0.577. The Labute approximate surface area is 322 Å². The standard InChI is InChI=1S/C51H31N3O2/c1-3-12-32(13-4-1)33-24-26-34(27-25-33)36-28-29-44-42(31-36)48-41(20-11-23-46(48)56-44)51-53-49(35-14-5-2-6-15-35)52-50(54-51)38-17-9-16-37(30-38)39-19-10-22-45-47(39)40-18-7-8-21-43(40)55-45/h1-31H. The fourth-order valence-corrected chi connectivity index (χ4v) is 7.86. The van der Waals surface area contributed by atoms with Gasteiger partial charge < -0.3 is 8.83 Å². The Balaban J connectivity index is 1.06. The third kappa shape index (κ3) is 5.45. The lowest BCUT2D eigenvalue weighted by molar-refractivity contribution is 0.668. The monoisotopic (exact) mass is 717 g/mol. The van der Waals surface area contributed by atoms with Crippen LogP contribution >= 0.6 is 0 Å². The highest BCUT2D eigenvalue weighted by molar-refractivity contribution is 6.13. The van der Waals surface area contributed by atoms with Crippen molar-refractivity contribution in [3.63, 3.8) is 0 Å². The summed E-state index contributed by atoms with van der Waals surface area (Å²) in [5.41, 5.74) is 12.7. The Hall–Kier alpha value is -7.63. The summed E-state index contributed by atoms with van der Waals surface area (Å²) in [7, 11) is 0. The highest BCUT2D eigenvalue weighted by atomic mass is 16.3. The van der Waals surface area contributed by atoms with Crippen molar-refractivity contribution in [2.45, 2.75) is 0 Å². The summed E-state index contributed by atoms with van der Waals surface area (Å²) >= 11 is 0. The molecule has 3 heterocycles. The molecule has 0 spiro atoms. The van der Waals surface area contributed by atoms with E-state index in [9.17, 15) is 0 Å². The zero-order valence-corrected chi connectivity index (χ0v) is 30.1. The average molecular weight is 718 g/mol. The Kier molecular flexibility index (Phi) is 7.42. The minimum Gasteiger partial charge on any atom is -0.456 e. The van der Waals surface area contributed by atoms with Crippen LogP contribution in [0.1, 0.15) is 0 Å². The van der Waals surface area contributed by atoms with Gasteiger partial charge in [-0.15, -0.1) is 0 Å². The van der Waals surface area contributed by atoms with E-state index < -0.39 is 0 Å². The maximum Gasteiger partial charge on any atom is 0.164 e. The van der Waals surface area contributed by atoms with Crippen LogP contribution in [0.5, 0.6) is 0 Å². The first-order chi connectivity index (χ1) is 27.7. The van der Waals surface area contributed by atoms with Gasteiger partial charge in [-0.25, -0.2) is 15.0 Å². The lowest BCUT2D eigenvalue weighted by Gasteiger charge is -2.11. The first-order valence-corrected chi connectivity index (χ1v) is 18.7. The third-order valence-corrected chi connectivity index (χ3v) is 10.6. The Morgan fingerprint density at radius 1 is 0.268 bits per heavy atom. The van der Waals surface area contributed by atoms with Gasteiger partial charge in [0.15, 0.2) is 17.5 Å². The van der Waals surface area contributed by atoms with Crippen molar-refractivity contribution in [1.82, 2.24) is 15.0 Å². The van der Waals surface area contributed by atoms with E-state index in [2.05, 4.69) is 115 Å². The second-order valence-electron chi connectivity index (χ2n) is 14.0. The molecule has 8 aromatic carbocycles. The maximum absolute atomic E-state index is 6.46. The molecule has 262 valence electrons. The van der Waals surface area contributed by atoms with Gasteiger partial charge in [0.05, 0.1) is 0 Å². The fraction of sp³-hybridized carbons (Fsp3) is 0. The van der Waals surface area contributed by atoms with Crippen molar-refractivity contribution in [3.05, 3.63) is 188 Å². The first-order valence-electron chi connectivity index (χ1n) is 18.7. The zero-order valence-electron chi connectivity index (χ0n) is 30.1. The lowest BCUT2D eigenvalue weighted by Crippen LogP contribution is -2.00. The SMILES string of the molecule is c1ccc(-c2ccc(-c3ccc4oc5cccc(-c6nc(-c7ccccc7)nc(-c7cccc(-c8cccc9oc%10ccccc%10c89)c7)n6)c5c4c3)cc2)cc1. The zero-order chi connectivity index (χ0) is 37.0. The molecule has 0 fully saturated rings. The summed E-state index contributed by atoms with van der Waals surface area (Å²) in [6.45, 7) is 0. The molecule has 0 aliphatic heterocycles. The number of nitrogens with zero attached hydrogens (tertiary/aromatic N) is 3. The minimum absolute atomic E-state index is 0.577. The molecule has 56 heavy (non-hydrogen) atoms. The molecule has 3 aromatic heterocycles. The Morgan fingerprint density at radius 2 is 0.750 bits per heavy atom. The van der Waals surface area contributed by atoms with E-state index in [0.29, 0.717) is 17.5 Å². The van der Waals surface area contributed by atoms with Crippen molar-refractivity contribution in [2.75, 3.05) is 0 Å². The van der Waals surface area contributed by atoms with Gasteiger partial charge in [-0.1, -0.05) is 152 Å². The molecule has 0 saturated heterocycles. The number of aromatic nitrogens is 3. The van der Waals surface area contributed by atoms with Gasteiger partial charge in [0.25, 0.3) is 0 Å². The molecule has 5 heteroatoms. The Bertz CT molecular complexity index is 3240. The summed E-state index contributed by atoms with van der Waals surface area (Å²) in [5.74, 6) is 1.76. The number of para-hydroxylation sites is 1. The Morgan fingerprint density at radius 3 is 1.50 bits per heavy atom. The van der Waals surface area contributed by atoms with E-state index >= 15 is 0 Å². The molecular weight excluding hydrogens is 687 g/mol. The van der Waals surface area contributed by atoms with Crippen LogP contribution < -0.4 is 0 Å². The quantitative estimate of drug-likeness (QED) is 0.171. The number of rotatable bonds is 6. The van der Waals surface area contributed by atoms with Crippen LogP contribution in [0.2, 0.25) is 0 Å². The number of hydrogen-bond acceptors (Lipinski definition) is 5. The lowest BCUT2D eigenvalue weighted by atomic mass is 9.97. The second kappa shape index (κ2) is 13.0. The van der Waals surface area contributed by atoms with Crippen LogP contribution in [0.25, 0.3) is 111 Å². The van der Waals surface area contributed by atoms with Gasteiger partial charge in [-0.05, 0) is 69.8 Å². The largest absolute Gasteiger partial charge is 0.456 e. The maximum atomic E-state index is 6.46. The molecule has 0 atom stereocenters. The van der Waals surface area contributed by atoms with E-state index in [1.807, 2.05) is 72.8 Å². The van der Waals surface area contributed by atoms with Gasteiger partial charge in [-0.3, -0.25) is 0 Å². The number of benzene rings is 8. The second-order valence-corrected chi connectivity index (χ2v) is 14.0. The molecular formula is C51H31N3O2. The van der Waals surface area contributed by atoms with Crippen molar-refractivity contribution in [2.24, 2.45) is 0 Å². The molecule has 0 aliphatic rings. The first kappa shape index (κ1) is 31.9. The molecule has 0 aliphatic carbocycles. The van der Waals surface area contributed by atoms with Gasteiger partial charge >= 0.3 is 0 Å². The highest BCUT2D eigenvalue weighted by Crippen LogP contribution is 2.40. The fourth-order valence-electron chi connectivity index (χ4n) is 7.86. The van der Waals surface area contributed by atoms with Crippen LogP contribution in [-0.2, 0) is 0 Å². The van der Waals surface area contributed by atoms with E-state index in [0.717, 1.165) is 82.8 Å². The molecule has 0 unspecified atom stereocenters. The van der Waals surface area contributed by atoms with Crippen LogP contribution in [0.3, 0.4) is 0 Å². The van der Waals surface area contributed by atoms with Crippen LogP contribution in [0.4, 0.5) is 0 Å². The van der Waals surface area contributed by atoms with Gasteiger partial charge in [0, 0.05) is 38.2 Å². The molecule has 0 radical (unpaired) electrons. The summed E-state index contributed by atoms with van der Waals surface area (Å²) in [6, 6.07) is 64.6. The number of furan rings is 2. The summed E-state index contributed by atoms with van der Waals surface area (Å²) in [5, 5.41) is 4.15. The normalized spacial score (nSPS) is 11.6. The average Bonchev–Trinajstić information content (AvgIpc) is 3.85. The van der Waals surface area contributed by atoms with E-state index in [4.69, 9.17) is 23.8 Å². The van der Waals surface area contributed by atoms with Gasteiger partial charge in [-0.2, -0.15) is 0 Å². The molecule has 0 saturated carbocycles. The molecule has 11 rings (SSSR count). The van der Waals surface area contributed by atoms with Crippen molar-refractivity contribution in [1.29, 1.82) is 0 Å². The van der Waals surface area contributed by atoms with Crippen molar-refractivity contribution >= 4 is 43.9 Å².